The molecule has 2 heterocycles. The first-order valence-electron chi connectivity index (χ1n) is 6.24. The quantitative estimate of drug-likeness (QED) is 0.704. The summed E-state index contributed by atoms with van der Waals surface area (Å²) in [5.41, 5.74) is 0.562. The molecule has 0 aliphatic heterocycles. The lowest BCUT2D eigenvalue weighted by Gasteiger charge is -2.22. The monoisotopic (exact) mass is 262 g/mol. The van der Waals surface area contributed by atoms with Crippen LogP contribution < -0.4 is 4.90 Å². The van der Waals surface area contributed by atoms with Crippen molar-refractivity contribution >= 4 is 17.4 Å². The number of aromatic nitrogens is 5. The van der Waals surface area contributed by atoms with Crippen LogP contribution >= 0.6 is 0 Å². The van der Waals surface area contributed by atoms with Crippen LogP contribution in [0.15, 0.2) is 12.4 Å². The van der Waals surface area contributed by atoms with Crippen LogP contribution in [0.25, 0.3) is 5.65 Å². The number of tetrazole rings is 1. The van der Waals surface area contributed by atoms with Crippen molar-refractivity contribution in [3.63, 3.8) is 0 Å². The zero-order chi connectivity index (χ0) is 13.2. The Bertz CT molecular complexity index is 594. The van der Waals surface area contributed by atoms with Gasteiger partial charge in [0, 0.05) is 6.04 Å². The molecule has 1 aliphatic carbocycles. The van der Waals surface area contributed by atoms with Gasteiger partial charge in [-0.15, -0.1) is 5.10 Å². The van der Waals surface area contributed by atoms with Gasteiger partial charge >= 0.3 is 5.97 Å². The van der Waals surface area contributed by atoms with E-state index in [9.17, 15) is 4.79 Å². The number of ether oxygens (including phenoxy) is 1. The molecule has 0 radical (unpaired) electrons. The molecule has 0 unspecified atom stereocenters. The summed E-state index contributed by atoms with van der Waals surface area (Å²) in [6.07, 6.45) is 5.36. The number of esters is 1. The van der Waals surface area contributed by atoms with Crippen LogP contribution in [0.1, 0.15) is 19.8 Å². The molecule has 8 heteroatoms. The van der Waals surface area contributed by atoms with Crippen molar-refractivity contribution in [2.45, 2.75) is 25.8 Å². The standard InChI is InChI=1S/C11H14N6O2/c1-2-19-11(18)7-16(8-3-4-8)10-6-12-5-9-13-14-15-17(9)10/h5-6,8H,2-4,7H2,1H3. The highest BCUT2D eigenvalue weighted by atomic mass is 16.5. The highest BCUT2D eigenvalue weighted by Crippen LogP contribution is 2.30. The third-order valence-corrected chi connectivity index (χ3v) is 2.98. The Kier molecular flexibility index (Phi) is 2.98. The molecule has 0 N–H and O–H groups in total. The number of carbonyl (C=O) groups is 1. The summed E-state index contributed by atoms with van der Waals surface area (Å²) in [6.45, 7) is 2.37. The largest absolute Gasteiger partial charge is 0.465 e. The van der Waals surface area contributed by atoms with Gasteiger partial charge in [-0.3, -0.25) is 9.78 Å². The molecule has 8 nitrogen and oxygen atoms in total. The highest BCUT2D eigenvalue weighted by Gasteiger charge is 2.32. The Morgan fingerprint density at radius 3 is 3.11 bits per heavy atom. The fraction of sp³-hybridized carbons (Fsp3) is 0.545. The smallest absolute Gasteiger partial charge is 0.325 e. The first-order chi connectivity index (χ1) is 9.29. The number of hydrogen-bond donors (Lipinski definition) is 0. The maximum absolute atomic E-state index is 11.7. The van der Waals surface area contributed by atoms with Gasteiger partial charge in [0.15, 0.2) is 11.5 Å². The predicted molar refractivity (Wildman–Crippen MR) is 65.6 cm³/mol. The molecule has 1 fully saturated rings. The van der Waals surface area contributed by atoms with E-state index in [0.29, 0.717) is 18.3 Å². The second kappa shape index (κ2) is 4.79. The van der Waals surface area contributed by atoms with E-state index < -0.39 is 0 Å². The lowest BCUT2D eigenvalue weighted by atomic mass is 10.4. The van der Waals surface area contributed by atoms with E-state index in [2.05, 4.69) is 20.5 Å². The van der Waals surface area contributed by atoms with Gasteiger partial charge < -0.3 is 9.64 Å². The molecule has 1 aliphatic rings. The zero-order valence-electron chi connectivity index (χ0n) is 10.6. The van der Waals surface area contributed by atoms with E-state index in [1.165, 1.54) is 0 Å². The van der Waals surface area contributed by atoms with Crippen molar-refractivity contribution in [2.24, 2.45) is 0 Å². The first-order valence-corrected chi connectivity index (χ1v) is 6.24. The van der Waals surface area contributed by atoms with Crippen LogP contribution in [0.2, 0.25) is 0 Å². The molecule has 100 valence electrons. The van der Waals surface area contributed by atoms with Gasteiger partial charge in [-0.2, -0.15) is 4.52 Å². The fourth-order valence-electron chi connectivity index (χ4n) is 1.99. The lowest BCUT2D eigenvalue weighted by molar-refractivity contribution is -0.141. The average molecular weight is 262 g/mol. The molecule has 1 saturated carbocycles. The number of carbonyl (C=O) groups excluding carboxylic acids is 1. The summed E-state index contributed by atoms with van der Waals surface area (Å²) in [4.78, 5) is 17.8. The lowest BCUT2D eigenvalue weighted by Crippen LogP contribution is -2.34. The molecule has 0 spiro atoms. The van der Waals surface area contributed by atoms with E-state index in [4.69, 9.17) is 4.74 Å². The number of rotatable bonds is 5. The molecular formula is C11H14N6O2. The molecule has 2 aromatic heterocycles. The van der Waals surface area contributed by atoms with Crippen molar-refractivity contribution in [1.82, 2.24) is 25.0 Å². The third-order valence-electron chi connectivity index (χ3n) is 2.98. The van der Waals surface area contributed by atoms with Crippen LogP contribution in [0.5, 0.6) is 0 Å². The van der Waals surface area contributed by atoms with E-state index in [1.54, 1.807) is 23.8 Å². The maximum Gasteiger partial charge on any atom is 0.325 e. The van der Waals surface area contributed by atoms with E-state index in [0.717, 1.165) is 18.7 Å². The Morgan fingerprint density at radius 2 is 2.37 bits per heavy atom. The fourth-order valence-corrected chi connectivity index (χ4v) is 1.99. The maximum atomic E-state index is 11.7. The van der Waals surface area contributed by atoms with Crippen LogP contribution in [0, 0.1) is 0 Å². The normalized spacial score (nSPS) is 14.6. The summed E-state index contributed by atoms with van der Waals surface area (Å²) in [5.74, 6) is 0.470. The average Bonchev–Trinajstić information content (AvgIpc) is 3.13. The molecule has 0 bridgehead atoms. The molecule has 0 amide bonds. The van der Waals surface area contributed by atoms with Gasteiger partial charge in [-0.25, -0.2) is 0 Å². The van der Waals surface area contributed by atoms with Gasteiger partial charge in [0.25, 0.3) is 0 Å². The Balaban J connectivity index is 1.91. The SMILES string of the molecule is CCOC(=O)CN(c1cncc2nnnn12)C1CC1. The molecule has 0 aromatic carbocycles. The van der Waals surface area contributed by atoms with Gasteiger partial charge in [0.2, 0.25) is 0 Å². The van der Waals surface area contributed by atoms with Crippen LogP contribution in [0.4, 0.5) is 5.82 Å². The van der Waals surface area contributed by atoms with Crippen LogP contribution in [0.3, 0.4) is 0 Å². The topological polar surface area (TPSA) is 85.5 Å². The third kappa shape index (κ3) is 2.33. The zero-order valence-corrected chi connectivity index (χ0v) is 10.6. The van der Waals surface area contributed by atoms with Gasteiger partial charge in [-0.1, -0.05) is 0 Å². The number of anilines is 1. The minimum absolute atomic E-state index is 0.194. The van der Waals surface area contributed by atoms with Crippen LogP contribution in [-0.2, 0) is 9.53 Å². The second-order valence-corrected chi connectivity index (χ2v) is 4.38. The van der Waals surface area contributed by atoms with Crippen molar-refractivity contribution in [3.8, 4) is 0 Å². The van der Waals surface area contributed by atoms with E-state index in [-0.39, 0.29) is 12.5 Å². The van der Waals surface area contributed by atoms with Crippen molar-refractivity contribution in [2.75, 3.05) is 18.1 Å². The van der Waals surface area contributed by atoms with E-state index in [1.807, 2.05) is 4.90 Å². The van der Waals surface area contributed by atoms with E-state index >= 15 is 0 Å². The number of fused-ring (bicyclic) bond motifs is 1. The van der Waals surface area contributed by atoms with Crippen molar-refractivity contribution in [1.29, 1.82) is 0 Å². The number of hydrogen-bond acceptors (Lipinski definition) is 7. The Hall–Kier alpha value is -2.25. The number of nitrogens with zero attached hydrogens (tertiary/aromatic N) is 6. The first kappa shape index (κ1) is 11.8. The highest BCUT2D eigenvalue weighted by molar-refractivity contribution is 5.76. The van der Waals surface area contributed by atoms with Gasteiger partial charge in [0.1, 0.15) is 6.54 Å². The summed E-state index contributed by atoms with van der Waals surface area (Å²) in [7, 11) is 0. The summed E-state index contributed by atoms with van der Waals surface area (Å²) in [6, 6.07) is 0.334. The summed E-state index contributed by atoms with van der Waals surface area (Å²) < 4.78 is 6.59. The molecule has 19 heavy (non-hydrogen) atoms. The molecule has 3 rings (SSSR count). The van der Waals surface area contributed by atoms with Crippen LogP contribution in [-0.4, -0.2) is 50.2 Å². The molecule has 2 aromatic rings. The van der Waals surface area contributed by atoms with Gasteiger partial charge in [-0.05, 0) is 30.2 Å². The Labute approximate surface area is 109 Å². The summed E-state index contributed by atoms with van der Waals surface area (Å²) >= 11 is 0. The minimum Gasteiger partial charge on any atom is -0.465 e. The second-order valence-electron chi connectivity index (χ2n) is 4.38. The Morgan fingerprint density at radius 1 is 1.53 bits per heavy atom. The van der Waals surface area contributed by atoms with Gasteiger partial charge in [0.05, 0.1) is 19.0 Å². The van der Waals surface area contributed by atoms with Crippen molar-refractivity contribution < 1.29 is 9.53 Å². The molecular weight excluding hydrogens is 248 g/mol. The predicted octanol–water partition coefficient (Wildman–Crippen LogP) is 0.0512. The minimum atomic E-state index is -0.250. The summed E-state index contributed by atoms with van der Waals surface area (Å²) in [5, 5.41) is 11.4. The molecule has 0 atom stereocenters. The molecule has 0 saturated heterocycles. The van der Waals surface area contributed by atoms with Crippen molar-refractivity contribution in [3.05, 3.63) is 12.4 Å².